The van der Waals surface area contributed by atoms with Crippen LogP contribution in [-0.2, 0) is 10.0 Å². The molecule has 1 aliphatic heterocycles. The summed E-state index contributed by atoms with van der Waals surface area (Å²) in [6, 6.07) is 5.54. The van der Waals surface area contributed by atoms with E-state index in [-0.39, 0.29) is 30.7 Å². The first kappa shape index (κ1) is 15.9. The van der Waals surface area contributed by atoms with Gasteiger partial charge in [0.1, 0.15) is 11.6 Å². The minimum atomic E-state index is -3.98. The summed E-state index contributed by atoms with van der Waals surface area (Å²) in [7, 11) is -3.98. The normalized spacial score (nSPS) is 16.1. The van der Waals surface area contributed by atoms with Gasteiger partial charge in [-0.25, -0.2) is 17.2 Å². The van der Waals surface area contributed by atoms with Gasteiger partial charge < -0.3 is 8.94 Å². The lowest BCUT2D eigenvalue weighted by atomic mass is 10.0. The van der Waals surface area contributed by atoms with Crippen molar-refractivity contribution in [1.82, 2.24) is 14.4 Å². The molecule has 0 unspecified atom stereocenters. The molecule has 0 bridgehead atoms. The molecule has 3 heterocycles. The maximum Gasteiger partial charge on any atom is 0.243 e. The molecule has 25 heavy (non-hydrogen) atoms. The Balaban J connectivity index is 1.50. The zero-order valence-corrected chi connectivity index (χ0v) is 13.4. The highest BCUT2D eigenvalue weighted by molar-refractivity contribution is 7.89. The Bertz CT molecular complexity index is 991. The molecule has 7 nitrogen and oxygen atoms in total. The third-order valence-electron chi connectivity index (χ3n) is 3.85. The minimum Gasteiger partial charge on any atom is -0.461 e. The molecule has 0 radical (unpaired) electrons. The standard InChI is InChI=1S/C15H11F2N3O4S/c16-10-4-11(17)6-12(5-10)25(21,22)20-7-9(8-20)15-18-14(19-24-15)13-2-1-3-23-13/h1-6,9H,7-8H2. The van der Waals surface area contributed by atoms with Crippen LogP contribution in [0.15, 0.2) is 50.4 Å². The van der Waals surface area contributed by atoms with Gasteiger partial charge in [0.2, 0.25) is 21.7 Å². The largest absolute Gasteiger partial charge is 0.461 e. The van der Waals surface area contributed by atoms with Crippen molar-refractivity contribution in [3.63, 3.8) is 0 Å². The molecule has 130 valence electrons. The van der Waals surface area contributed by atoms with Gasteiger partial charge in [0.15, 0.2) is 5.76 Å². The smallest absolute Gasteiger partial charge is 0.243 e. The minimum absolute atomic E-state index is 0.0836. The van der Waals surface area contributed by atoms with Gasteiger partial charge in [-0.05, 0) is 24.3 Å². The van der Waals surface area contributed by atoms with Crippen molar-refractivity contribution in [2.24, 2.45) is 0 Å². The summed E-state index contributed by atoms with van der Waals surface area (Å²) in [5.41, 5.74) is 0. The van der Waals surface area contributed by atoms with Crippen molar-refractivity contribution in [3.05, 3.63) is 54.1 Å². The molecule has 10 heteroatoms. The number of hydrogen-bond acceptors (Lipinski definition) is 6. The van der Waals surface area contributed by atoms with Gasteiger partial charge in [-0.2, -0.15) is 9.29 Å². The van der Waals surface area contributed by atoms with Gasteiger partial charge in [0.25, 0.3) is 0 Å². The average molecular weight is 367 g/mol. The second-order valence-electron chi connectivity index (χ2n) is 5.56. The van der Waals surface area contributed by atoms with Gasteiger partial charge >= 0.3 is 0 Å². The molecule has 3 aromatic rings. The van der Waals surface area contributed by atoms with E-state index in [0.29, 0.717) is 11.8 Å². The number of nitrogens with zero attached hydrogens (tertiary/aromatic N) is 3. The van der Waals surface area contributed by atoms with Crippen molar-refractivity contribution in [2.75, 3.05) is 13.1 Å². The molecule has 1 aliphatic rings. The molecule has 1 saturated heterocycles. The van der Waals surface area contributed by atoms with Crippen LogP contribution in [0.2, 0.25) is 0 Å². The lowest BCUT2D eigenvalue weighted by molar-refractivity contribution is 0.216. The summed E-state index contributed by atoms with van der Waals surface area (Å²) in [6.07, 6.45) is 1.47. The van der Waals surface area contributed by atoms with Crippen LogP contribution in [0.25, 0.3) is 11.6 Å². The maximum absolute atomic E-state index is 13.3. The summed E-state index contributed by atoms with van der Waals surface area (Å²) in [5.74, 6) is -1.19. The van der Waals surface area contributed by atoms with Crippen molar-refractivity contribution in [2.45, 2.75) is 10.8 Å². The number of halogens is 2. The molecular weight excluding hydrogens is 356 g/mol. The summed E-state index contributed by atoms with van der Waals surface area (Å²) in [4.78, 5) is 3.75. The van der Waals surface area contributed by atoms with Crippen LogP contribution in [0.1, 0.15) is 11.8 Å². The summed E-state index contributed by atoms with van der Waals surface area (Å²) < 4.78 is 62.7. The molecule has 1 fully saturated rings. The van der Waals surface area contributed by atoms with E-state index >= 15 is 0 Å². The predicted molar refractivity (Wildman–Crippen MR) is 79.9 cm³/mol. The van der Waals surface area contributed by atoms with Crippen molar-refractivity contribution in [1.29, 1.82) is 0 Å². The van der Waals surface area contributed by atoms with Gasteiger partial charge in [-0.3, -0.25) is 0 Å². The van der Waals surface area contributed by atoms with E-state index in [0.717, 1.165) is 16.4 Å². The number of rotatable bonds is 4. The molecule has 0 spiro atoms. The lowest BCUT2D eigenvalue weighted by Gasteiger charge is -2.35. The van der Waals surface area contributed by atoms with E-state index in [4.69, 9.17) is 8.94 Å². The fourth-order valence-electron chi connectivity index (χ4n) is 2.52. The van der Waals surface area contributed by atoms with Crippen LogP contribution in [0.5, 0.6) is 0 Å². The van der Waals surface area contributed by atoms with Crippen LogP contribution in [0.3, 0.4) is 0 Å². The molecule has 0 saturated carbocycles. The second-order valence-corrected chi connectivity index (χ2v) is 7.50. The number of furan rings is 1. The maximum atomic E-state index is 13.3. The Morgan fingerprint density at radius 2 is 1.88 bits per heavy atom. The van der Waals surface area contributed by atoms with Gasteiger partial charge in [0.05, 0.1) is 17.1 Å². The molecule has 0 aliphatic carbocycles. The van der Waals surface area contributed by atoms with E-state index in [9.17, 15) is 17.2 Å². The molecule has 0 N–H and O–H groups in total. The van der Waals surface area contributed by atoms with E-state index in [1.165, 1.54) is 6.26 Å². The molecule has 0 atom stereocenters. The molecule has 0 amide bonds. The van der Waals surface area contributed by atoms with Crippen LogP contribution in [0.4, 0.5) is 8.78 Å². The molecule has 4 rings (SSSR count). The van der Waals surface area contributed by atoms with Crippen molar-refractivity contribution < 1.29 is 26.1 Å². The topological polar surface area (TPSA) is 89.4 Å². The second kappa shape index (κ2) is 5.74. The Kier molecular flexibility index (Phi) is 3.65. The zero-order chi connectivity index (χ0) is 17.6. The monoisotopic (exact) mass is 367 g/mol. The van der Waals surface area contributed by atoms with E-state index < -0.39 is 26.6 Å². The van der Waals surface area contributed by atoms with Gasteiger partial charge in [-0.15, -0.1) is 0 Å². The van der Waals surface area contributed by atoms with Crippen LogP contribution in [0, 0.1) is 11.6 Å². The Labute approximate surface area is 140 Å². The van der Waals surface area contributed by atoms with Crippen LogP contribution >= 0.6 is 0 Å². The van der Waals surface area contributed by atoms with E-state index in [2.05, 4.69) is 10.1 Å². The quantitative estimate of drug-likeness (QED) is 0.703. The highest BCUT2D eigenvalue weighted by atomic mass is 32.2. The summed E-state index contributed by atoms with van der Waals surface area (Å²) >= 11 is 0. The average Bonchev–Trinajstić information content (AvgIpc) is 3.15. The molecular formula is C15H11F2N3O4S. The Morgan fingerprint density at radius 1 is 1.16 bits per heavy atom. The first-order valence-corrected chi connectivity index (χ1v) is 8.71. The highest BCUT2D eigenvalue weighted by Crippen LogP contribution is 2.32. The zero-order valence-electron chi connectivity index (χ0n) is 12.6. The van der Waals surface area contributed by atoms with Crippen molar-refractivity contribution in [3.8, 4) is 11.6 Å². The molecule has 1 aromatic carbocycles. The van der Waals surface area contributed by atoms with Crippen LogP contribution in [-0.4, -0.2) is 36.0 Å². The fraction of sp³-hybridized carbons (Fsp3) is 0.200. The van der Waals surface area contributed by atoms with Crippen molar-refractivity contribution >= 4 is 10.0 Å². The highest BCUT2D eigenvalue weighted by Gasteiger charge is 2.40. The van der Waals surface area contributed by atoms with E-state index in [1.807, 2.05) is 0 Å². The lowest BCUT2D eigenvalue weighted by Crippen LogP contribution is -2.48. The Hall–Kier alpha value is -2.59. The first-order chi connectivity index (χ1) is 11.9. The third-order valence-corrected chi connectivity index (χ3v) is 5.66. The third kappa shape index (κ3) is 2.83. The number of benzene rings is 1. The van der Waals surface area contributed by atoms with Gasteiger partial charge in [-0.1, -0.05) is 5.16 Å². The first-order valence-electron chi connectivity index (χ1n) is 7.27. The van der Waals surface area contributed by atoms with Crippen LogP contribution < -0.4 is 0 Å². The SMILES string of the molecule is O=S(=O)(c1cc(F)cc(F)c1)N1CC(c2nc(-c3ccco3)no2)C1. The number of sulfonamides is 1. The Morgan fingerprint density at radius 3 is 2.52 bits per heavy atom. The van der Waals surface area contributed by atoms with E-state index in [1.54, 1.807) is 12.1 Å². The predicted octanol–water partition coefficient (Wildman–Crippen LogP) is 2.40. The molecule has 2 aromatic heterocycles. The fourth-order valence-corrected chi connectivity index (χ4v) is 4.10. The van der Waals surface area contributed by atoms with Gasteiger partial charge in [0, 0.05) is 19.2 Å². The summed E-state index contributed by atoms with van der Waals surface area (Å²) in [6.45, 7) is 0.167. The number of hydrogen-bond donors (Lipinski definition) is 0. The summed E-state index contributed by atoms with van der Waals surface area (Å²) in [5, 5.41) is 3.78. The number of aromatic nitrogens is 2.